The van der Waals surface area contributed by atoms with Gasteiger partial charge < -0.3 is 26.8 Å². The number of carboxylic acid groups (broad SMARTS) is 1. The minimum absolute atomic E-state index is 0.365. The first kappa shape index (κ1) is 20.2. The molecule has 3 amide bonds. The van der Waals surface area contributed by atoms with Crippen LogP contribution in [0.25, 0.3) is 0 Å². The first-order valence-electron chi connectivity index (χ1n) is 6.59. The van der Waals surface area contributed by atoms with Crippen LogP contribution in [0, 0.1) is 0 Å². The number of nitrogens with two attached hydrogens (primary N) is 1. The Hall–Kier alpha value is -1.81. The number of hydrogen-bond donors (Lipinski definition) is 5. The van der Waals surface area contributed by atoms with Crippen molar-refractivity contribution in [2.75, 3.05) is 25.1 Å². The van der Waals surface area contributed by atoms with Crippen molar-refractivity contribution in [3.63, 3.8) is 0 Å². The Morgan fingerprint density at radius 3 is 2.27 bits per heavy atom. The molecule has 0 spiro atoms. The number of thioether (sulfide) groups is 1. The van der Waals surface area contributed by atoms with Crippen molar-refractivity contribution in [3.05, 3.63) is 0 Å². The number of rotatable bonds is 10. The van der Waals surface area contributed by atoms with Gasteiger partial charge in [-0.25, -0.2) is 0 Å². The van der Waals surface area contributed by atoms with E-state index in [0.29, 0.717) is 12.2 Å². The number of hydrogen-bond acceptors (Lipinski definition) is 6. The molecule has 2 atom stereocenters. The maximum Gasteiger partial charge on any atom is 0.322 e. The van der Waals surface area contributed by atoms with E-state index in [-0.39, 0.29) is 6.54 Å². The molecule has 2 unspecified atom stereocenters. The van der Waals surface area contributed by atoms with Crippen molar-refractivity contribution in [1.82, 2.24) is 16.0 Å². The van der Waals surface area contributed by atoms with E-state index in [1.165, 1.54) is 18.7 Å². The Kier molecular flexibility index (Phi) is 9.96. The van der Waals surface area contributed by atoms with Crippen LogP contribution in [-0.4, -0.2) is 66.0 Å². The van der Waals surface area contributed by atoms with Crippen molar-refractivity contribution >= 4 is 35.5 Å². The van der Waals surface area contributed by atoms with Gasteiger partial charge >= 0.3 is 5.97 Å². The molecule has 9 nitrogen and oxygen atoms in total. The zero-order valence-electron chi connectivity index (χ0n) is 12.5. The van der Waals surface area contributed by atoms with Gasteiger partial charge in [0.15, 0.2) is 0 Å². The molecule has 0 aliphatic heterocycles. The van der Waals surface area contributed by atoms with Crippen molar-refractivity contribution in [1.29, 1.82) is 0 Å². The molecule has 0 rings (SSSR count). The fourth-order valence-corrected chi connectivity index (χ4v) is 1.81. The minimum Gasteiger partial charge on any atom is -0.480 e. The summed E-state index contributed by atoms with van der Waals surface area (Å²) in [6, 6.07) is -1.54. The normalized spacial score (nSPS) is 12.9. The highest BCUT2D eigenvalue weighted by Gasteiger charge is 2.22. The Morgan fingerprint density at radius 1 is 1.14 bits per heavy atom. The van der Waals surface area contributed by atoms with Crippen LogP contribution in [0.15, 0.2) is 0 Å². The monoisotopic (exact) mass is 334 g/mol. The minimum atomic E-state index is -1.18. The summed E-state index contributed by atoms with van der Waals surface area (Å²) in [7, 11) is 0. The quantitative estimate of drug-likeness (QED) is 0.307. The van der Waals surface area contributed by atoms with Crippen molar-refractivity contribution < 1.29 is 24.3 Å². The van der Waals surface area contributed by atoms with E-state index >= 15 is 0 Å². The maximum atomic E-state index is 12.0. The third-order valence-electron chi connectivity index (χ3n) is 2.52. The molecular weight excluding hydrogens is 312 g/mol. The zero-order chi connectivity index (χ0) is 17.1. The predicted octanol–water partition coefficient (Wildman–Crippen LogP) is -2.11. The van der Waals surface area contributed by atoms with Gasteiger partial charge in [-0.3, -0.25) is 19.2 Å². The van der Waals surface area contributed by atoms with Crippen molar-refractivity contribution in [2.24, 2.45) is 5.73 Å². The molecule has 0 heterocycles. The molecule has 0 fully saturated rings. The first-order chi connectivity index (χ1) is 10.3. The number of aliphatic carboxylic acids is 1. The lowest BCUT2D eigenvalue weighted by Gasteiger charge is -2.19. The fourth-order valence-electron chi connectivity index (χ4n) is 1.33. The van der Waals surface area contributed by atoms with Gasteiger partial charge in [-0.05, 0) is 25.4 Å². The summed E-state index contributed by atoms with van der Waals surface area (Å²) in [5, 5.41) is 15.4. The smallest absolute Gasteiger partial charge is 0.322 e. The second-order valence-corrected chi connectivity index (χ2v) is 5.51. The van der Waals surface area contributed by atoms with Crippen LogP contribution in [-0.2, 0) is 19.2 Å². The highest BCUT2D eigenvalue weighted by Crippen LogP contribution is 2.01. The molecule has 22 heavy (non-hydrogen) atoms. The second-order valence-electron chi connectivity index (χ2n) is 4.52. The average molecular weight is 334 g/mol. The van der Waals surface area contributed by atoms with E-state index in [1.54, 1.807) is 0 Å². The molecule has 0 aliphatic carbocycles. The predicted molar refractivity (Wildman–Crippen MR) is 82.2 cm³/mol. The molecule has 0 saturated heterocycles. The molecule has 0 aliphatic rings. The van der Waals surface area contributed by atoms with Crippen LogP contribution < -0.4 is 21.7 Å². The zero-order valence-corrected chi connectivity index (χ0v) is 13.4. The van der Waals surface area contributed by atoms with E-state index in [1.807, 2.05) is 6.26 Å². The number of carbonyl (C=O) groups is 4. The van der Waals surface area contributed by atoms with Crippen molar-refractivity contribution in [2.45, 2.75) is 25.4 Å². The third kappa shape index (κ3) is 9.19. The van der Waals surface area contributed by atoms with E-state index in [4.69, 9.17) is 10.8 Å². The molecule has 126 valence electrons. The van der Waals surface area contributed by atoms with Gasteiger partial charge in [0, 0.05) is 0 Å². The second kappa shape index (κ2) is 10.9. The summed E-state index contributed by atoms with van der Waals surface area (Å²) in [4.78, 5) is 45.2. The maximum absolute atomic E-state index is 12.0. The van der Waals surface area contributed by atoms with Crippen LogP contribution in [0.1, 0.15) is 13.3 Å². The molecule has 6 N–H and O–H groups in total. The highest BCUT2D eigenvalue weighted by atomic mass is 32.2. The van der Waals surface area contributed by atoms with E-state index in [9.17, 15) is 19.2 Å². The number of carbonyl (C=O) groups excluding carboxylic acids is 3. The van der Waals surface area contributed by atoms with Gasteiger partial charge in [0.25, 0.3) is 0 Å². The molecule has 0 aromatic heterocycles. The van der Waals surface area contributed by atoms with E-state index in [2.05, 4.69) is 16.0 Å². The van der Waals surface area contributed by atoms with Gasteiger partial charge in [0.05, 0.1) is 12.6 Å². The average Bonchev–Trinajstić information content (AvgIpc) is 2.46. The fraction of sp³-hybridized carbons (Fsp3) is 0.667. The van der Waals surface area contributed by atoms with Gasteiger partial charge in [-0.1, -0.05) is 0 Å². The summed E-state index contributed by atoms with van der Waals surface area (Å²) >= 11 is 1.51. The largest absolute Gasteiger partial charge is 0.480 e. The standard InChI is InChI=1S/C12H22N4O5S/c1-7(13)11(20)16-8(3-4-22-2)12(21)15-5-9(17)14-6-10(18)19/h7-8H,3-6,13H2,1-2H3,(H,14,17)(H,15,21)(H,16,20)(H,18,19). The molecule has 0 aromatic carbocycles. The van der Waals surface area contributed by atoms with Gasteiger partial charge in [-0.2, -0.15) is 11.8 Å². The summed E-state index contributed by atoms with van der Waals surface area (Å²) in [5.41, 5.74) is 5.43. The molecule has 10 heteroatoms. The van der Waals surface area contributed by atoms with Gasteiger partial charge in [0.2, 0.25) is 17.7 Å². The van der Waals surface area contributed by atoms with Gasteiger partial charge in [0.1, 0.15) is 12.6 Å². The topological polar surface area (TPSA) is 151 Å². The van der Waals surface area contributed by atoms with Crippen LogP contribution in [0.4, 0.5) is 0 Å². The Bertz CT molecular complexity index is 416. The Morgan fingerprint density at radius 2 is 1.77 bits per heavy atom. The number of carboxylic acids is 1. The third-order valence-corrected chi connectivity index (χ3v) is 3.16. The molecule has 0 aromatic rings. The lowest BCUT2D eigenvalue weighted by molar-refractivity contribution is -0.138. The summed E-state index contributed by atoms with van der Waals surface area (Å²) in [6.45, 7) is 0.611. The summed E-state index contributed by atoms with van der Waals surface area (Å²) < 4.78 is 0. The lowest BCUT2D eigenvalue weighted by Crippen LogP contribution is -2.52. The number of amides is 3. The van der Waals surface area contributed by atoms with Crippen LogP contribution in [0.5, 0.6) is 0 Å². The van der Waals surface area contributed by atoms with E-state index in [0.717, 1.165) is 0 Å². The highest BCUT2D eigenvalue weighted by molar-refractivity contribution is 7.98. The summed E-state index contributed by atoms with van der Waals surface area (Å²) in [5.74, 6) is -2.15. The molecule has 0 radical (unpaired) electrons. The Balaban J connectivity index is 4.40. The Labute approximate surface area is 132 Å². The molecule has 0 bridgehead atoms. The van der Waals surface area contributed by atoms with Crippen LogP contribution in [0.3, 0.4) is 0 Å². The summed E-state index contributed by atoms with van der Waals surface area (Å²) in [6.07, 6.45) is 2.25. The molecular formula is C12H22N4O5S. The van der Waals surface area contributed by atoms with Crippen LogP contribution in [0.2, 0.25) is 0 Å². The lowest BCUT2D eigenvalue weighted by atomic mass is 10.2. The van der Waals surface area contributed by atoms with Crippen molar-refractivity contribution in [3.8, 4) is 0 Å². The van der Waals surface area contributed by atoms with Crippen LogP contribution >= 0.6 is 11.8 Å². The van der Waals surface area contributed by atoms with Gasteiger partial charge in [-0.15, -0.1) is 0 Å². The van der Waals surface area contributed by atoms with E-state index < -0.39 is 42.3 Å². The first-order valence-corrected chi connectivity index (χ1v) is 7.98. The molecule has 0 saturated carbocycles. The SMILES string of the molecule is CSCCC(NC(=O)C(C)N)C(=O)NCC(=O)NCC(=O)O. The number of nitrogens with one attached hydrogen (secondary N) is 3.